The number of aromatic nitrogens is 2. The molecule has 0 bridgehead atoms. The molecule has 1 aliphatic heterocycles. The van der Waals surface area contributed by atoms with E-state index < -0.39 is 0 Å². The number of methoxy groups -OCH3 is 3. The second-order valence-electron chi connectivity index (χ2n) is 8.31. The molecule has 3 aromatic rings. The van der Waals surface area contributed by atoms with Crippen LogP contribution in [0.15, 0.2) is 47.0 Å². The van der Waals surface area contributed by atoms with Crippen LogP contribution in [0, 0.1) is 0 Å². The van der Waals surface area contributed by atoms with E-state index in [4.69, 9.17) is 18.7 Å². The SMILES string of the molecule is COc1ccc([C@@H]2CCCCCN2C(=O)CCc2nc(-c3ccc(OC)c(OC)c3)no2)cc1. The minimum absolute atomic E-state index is 0.0749. The number of amides is 1. The van der Waals surface area contributed by atoms with Crippen LogP contribution < -0.4 is 14.2 Å². The van der Waals surface area contributed by atoms with Crippen molar-refractivity contribution in [2.45, 2.75) is 44.6 Å². The molecule has 1 fully saturated rings. The molecule has 8 heteroatoms. The Labute approximate surface area is 199 Å². The Morgan fingerprint density at radius 1 is 1.00 bits per heavy atom. The van der Waals surface area contributed by atoms with E-state index in [0.717, 1.165) is 49.1 Å². The minimum Gasteiger partial charge on any atom is -0.497 e. The van der Waals surface area contributed by atoms with Crippen molar-refractivity contribution in [1.82, 2.24) is 15.0 Å². The van der Waals surface area contributed by atoms with Gasteiger partial charge in [-0.25, -0.2) is 0 Å². The van der Waals surface area contributed by atoms with Crippen LogP contribution in [0.4, 0.5) is 0 Å². The van der Waals surface area contributed by atoms with Crippen molar-refractivity contribution >= 4 is 5.91 Å². The summed E-state index contributed by atoms with van der Waals surface area (Å²) in [6.45, 7) is 0.760. The lowest BCUT2D eigenvalue weighted by molar-refractivity contribution is -0.133. The molecule has 0 radical (unpaired) electrons. The van der Waals surface area contributed by atoms with Gasteiger partial charge >= 0.3 is 0 Å². The second-order valence-corrected chi connectivity index (χ2v) is 8.31. The number of aryl methyl sites for hydroxylation is 1. The topological polar surface area (TPSA) is 86.9 Å². The van der Waals surface area contributed by atoms with Crippen molar-refractivity contribution in [1.29, 1.82) is 0 Å². The van der Waals surface area contributed by atoms with Crippen LogP contribution in [-0.4, -0.2) is 48.8 Å². The summed E-state index contributed by atoms with van der Waals surface area (Å²) in [5, 5.41) is 4.08. The fraction of sp³-hybridized carbons (Fsp3) is 0.423. The van der Waals surface area contributed by atoms with Crippen molar-refractivity contribution in [3.05, 3.63) is 53.9 Å². The Bertz CT molecular complexity index is 1100. The molecule has 0 unspecified atom stereocenters. The molecule has 1 aliphatic rings. The van der Waals surface area contributed by atoms with Crippen LogP contribution in [0.5, 0.6) is 17.2 Å². The first kappa shape index (κ1) is 23.6. The van der Waals surface area contributed by atoms with E-state index in [1.54, 1.807) is 33.5 Å². The van der Waals surface area contributed by atoms with Crippen LogP contribution in [0.3, 0.4) is 0 Å². The van der Waals surface area contributed by atoms with E-state index in [9.17, 15) is 4.79 Å². The molecular weight excluding hydrogens is 434 g/mol. The number of carbonyl (C=O) groups excluding carboxylic acids is 1. The Kier molecular flexibility index (Phi) is 7.67. The molecule has 0 spiro atoms. The lowest BCUT2D eigenvalue weighted by Crippen LogP contribution is -2.35. The van der Waals surface area contributed by atoms with Gasteiger partial charge in [-0.3, -0.25) is 4.79 Å². The monoisotopic (exact) mass is 465 g/mol. The smallest absolute Gasteiger partial charge is 0.227 e. The van der Waals surface area contributed by atoms with Gasteiger partial charge in [-0.2, -0.15) is 4.98 Å². The largest absolute Gasteiger partial charge is 0.497 e. The normalized spacial score (nSPS) is 16.1. The molecule has 1 saturated heterocycles. The van der Waals surface area contributed by atoms with Gasteiger partial charge in [-0.1, -0.05) is 30.1 Å². The van der Waals surface area contributed by atoms with Crippen LogP contribution >= 0.6 is 0 Å². The lowest BCUT2D eigenvalue weighted by atomic mass is 10.00. The van der Waals surface area contributed by atoms with Gasteiger partial charge in [0.05, 0.1) is 27.4 Å². The summed E-state index contributed by atoms with van der Waals surface area (Å²) in [4.78, 5) is 19.7. The number of nitrogens with zero attached hydrogens (tertiary/aromatic N) is 3. The number of hydrogen-bond acceptors (Lipinski definition) is 7. The highest BCUT2D eigenvalue weighted by Crippen LogP contribution is 2.33. The zero-order valence-corrected chi connectivity index (χ0v) is 20.0. The van der Waals surface area contributed by atoms with Crippen LogP contribution in [0.25, 0.3) is 11.4 Å². The van der Waals surface area contributed by atoms with Gasteiger partial charge in [0.2, 0.25) is 17.6 Å². The summed E-state index contributed by atoms with van der Waals surface area (Å²) in [7, 11) is 4.83. The Balaban J connectivity index is 1.43. The molecule has 8 nitrogen and oxygen atoms in total. The molecule has 2 aromatic carbocycles. The van der Waals surface area contributed by atoms with Gasteiger partial charge in [-0.05, 0) is 48.7 Å². The summed E-state index contributed by atoms with van der Waals surface area (Å²) in [5.74, 6) is 3.03. The van der Waals surface area contributed by atoms with Crippen molar-refractivity contribution in [2.75, 3.05) is 27.9 Å². The Morgan fingerprint density at radius 2 is 1.79 bits per heavy atom. The number of likely N-dealkylation sites (tertiary alicyclic amines) is 1. The van der Waals surface area contributed by atoms with E-state index in [1.807, 2.05) is 23.1 Å². The zero-order chi connectivity index (χ0) is 23.9. The summed E-state index contributed by atoms with van der Waals surface area (Å²) in [5.41, 5.74) is 1.90. The maximum absolute atomic E-state index is 13.2. The fourth-order valence-corrected chi connectivity index (χ4v) is 4.39. The van der Waals surface area contributed by atoms with Gasteiger partial charge in [-0.15, -0.1) is 0 Å². The molecule has 0 aliphatic carbocycles. The zero-order valence-electron chi connectivity index (χ0n) is 20.0. The van der Waals surface area contributed by atoms with Gasteiger partial charge < -0.3 is 23.6 Å². The maximum Gasteiger partial charge on any atom is 0.227 e. The molecule has 1 amide bonds. The minimum atomic E-state index is 0.0749. The van der Waals surface area contributed by atoms with Crippen molar-refractivity contribution in [3.63, 3.8) is 0 Å². The first-order chi connectivity index (χ1) is 16.6. The highest BCUT2D eigenvalue weighted by molar-refractivity contribution is 5.77. The fourth-order valence-electron chi connectivity index (χ4n) is 4.39. The van der Waals surface area contributed by atoms with E-state index in [1.165, 1.54) is 0 Å². The van der Waals surface area contributed by atoms with Crippen LogP contribution in [0.2, 0.25) is 0 Å². The number of hydrogen-bond donors (Lipinski definition) is 0. The first-order valence-corrected chi connectivity index (χ1v) is 11.6. The summed E-state index contributed by atoms with van der Waals surface area (Å²) in [6.07, 6.45) is 4.93. The standard InChI is InChI=1S/C26H31N3O5/c1-31-20-11-8-18(9-12-20)21-7-5-4-6-16-29(21)25(30)15-14-24-27-26(28-34-24)19-10-13-22(32-2)23(17-19)33-3/h8-13,17,21H,4-7,14-16H2,1-3H3/t21-/m0/s1. The molecule has 4 rings (SSSR count). The predicted octanol–water partition coefficient (Wildman–Crippen LogP) is 4.84. The molecular formula is C26H31N3O5. The predicted molar refractivity (Wildman–Crippen MR) is 127 cm³/mol. The number of carbonyl (C=O) groups is 1. The average molecular weight is 466 g/mol. The van der Waals surface area contributed by atoms with Gasteiger partial charge in [0, 0.05) is 24.9 Å². The van der Waals surface area contributed by atoms with Crippen LogP contribution in [0.1, 0.15) is 49.6 Å². The van der Waals surface area contributed by atoms with Crippen molar-refractivity contribution < 1.29 is 23.5 Å². The summed E-state index contributed by atoms with van der Waals surface area (Å²) >= 11 is 0. The van der Waals surface area contributed by atoms with E-state index >= 15 is 0 Å². The van der Waals surface area contributed by atoms with Gasteiger partial charge in [0.1, 0.15) is 5.75 Å². The maximum atomic E-state index is 13.2. The van der Waals surface area contributed by atoms with E-state index in [0.29, 0.717) is 36.1 Å². The highest BCUT2D eigenvalue weighted by atomic mass is 16.5. The number of ether oxygens (including phenoxy) is 3. The third-order valence-corrected chi connectivity index (χ3v) is 6.24. The second kappa shape index (κ2) is 11.0. The summed E-state index contributed by atoms with van der Waals surface area (Å²) in [6, 6.07) is 13.5. The molecule has 2 heterocycles. The van der Waals surface area contributed by atoms with Crippen molar-refractivity contribution in [2.24, 2.45) is 0 Å². The lowest BCUT2D eigenvalue weighted by Gasteiger charge is -2.30. The number of benzene rings is 2. The average Bonchev–Trinajstić information content (AvgIpc) is 3.22. The van der Waals surface area contributed by atoms with Gasteiger partial charge in [0.15, 0.2) is 11.5 Å². The third kappa shape index (κ3) is 5.32. The highest BCUT2D eigenvalue weighted by Gasteiger charge is 2.27. The molecule has 1 aromatic heterocycles. The first-order valence-electron chi connectivity index (χ1n) is 11.6. The molecule has 180 valence electrons. The molecule has 0 N–H and O–H groups in total. The third-order valence-electron chi connectivity index (χ3n) is 6.24. The van der Waals surface area contributed by atoms with Crippen molar-refractivity contribution in [3.8, 4) is 28.6 Å². The quantitative estimate of drug-likeness (QED) is 0.470. The molecule has 34 heavy (non-hydrogen) atoms. The number of rotatable bonds is 8. The van der Waals surface area contributed by atoms with Crippen LogP contribution in [-0.2, 0) is 11.2 Å². The molecule has 1 atom stereocenters. The summed E-state index contributed by atoms with van der Waals surface area (Å²) < 4.78 is 21.3. The van der Waals surface area contributed by atoms with E-state index in [2.05, 4.69) is 22.3 Å². The van der Waals surface area contributed by atoms with Gasteiger partial charge in [0.25, 0.3) is 0 Å². The van der Waals surface area contributed by atoms with E-state index in [-0.39, 0.29) is 11.9 Å². The Morgan fingerprint density at radius 3 is 2.53 bits per heavy atom. The Hall–Kier alpha value is -3.55. The molecule has 0 saturated carbocycles.